The van der Waals surface area contributed by atoms with Gasteiger partial charge in [-0.3, -0.25) is 9.59 Å². The van der Waals surface area contributed by atoms with Crippen molar-refractivity contribution in [2.45, 2.75) is 51.4 Å². The molecule has 7 heteroatoms. The molecule has 1 atom stereocenters. The van der Waals surface area contributed by atoms with Crippen LogP contribution in [0, 0.1) is 0 Å². The number of carbonyl (C=O) groups is 2. The average molecular weight is 477 g/mol. The summed E-state index contributed by atoms with van der Waals surface area (Å²) in [5.41, 5.74) is 2.07. The summed E-state index contributed by atoms with van der Waals surface area (Å²) in [6, 6.07) is 14.7. The highest BCUT2D eigenvalue weighted by atomic mass is 35.5. The van der Waals surface area contributed by atoms with Crippen molar-refractivity contribution < 1.29 is 14.3 Å². The number of benzene rings is 2. The first-order valence-electron chi connectivity index (χ1n) is 11.0. The predicted octanol–water partition coefficient (Wildman–Crippen LogP) is 5.31. The van der Waals surface area contributed by atoms with Crippen molar-refractivity contribution in [1.29, 1.82) is 0 Å². The Balaban J connectivity index is 2.09. The smallest absolute Gasteiger partial charge is 0.242 e. The Labute approximate surface area is 200 Å². The third-order valence-electron chi connectivity index (χ3n) is 5.13. The van der Waals surface area contributed by atoms with Crippen LogP contribution in [0.3, 0.4) is 0 Å². The molecule has 2 rings (SSSR count). The Morgan fingerprint density at radius 1 is 1.06 bits per heavy atom. The van der Waals surface area contributed by atoms with E-state index < -0.39 is 6.04 Å². The van der Waals surface area contributed by atoms with E-state index in [2.05, 4.69) is 12.2 Å². The number of amides is 2. The lowest BCUT2D eigenvalue weighted by atomic mass is 10.1. The van der Waals surface area contributed by atoms with Crippen molar-refractivity contribution in [2.75, 3.05) is 19.4 Å². The topological polar surface area (TPSA) is 58.6 Å². The number of halogens is 1. The maximum absolute atomic E-state index is 13.2. The molecular weight excluding hydrogens is 444 g/mol. The molecule has 0 unspecified atom stereocenters. The Morgan fingerprint density at radius 2 is 1.72 bits per heavy atom. The molecule has 0 aliphatic carbocycles. The molecular formula is C25H33ClN2O3S. The molecule has 0 aliphatic rings. The summed E-state index contributed by atoms with van der Waals surface area (Å²) in [4.78, 5) is 27.8. The van der Waals surface area contributed by atoms with Gasteiger partial charge in [0.05, 0.1) is 12.9 Å². The van der Waals surface area contributed by atoms with Crippen LogP contribution >= 0.6 is 23.4 Å². The largest absolute Gasteiger partial charge is 0.497 e. The first-order chi connectivity index (χ1) is 15.5. The number of carbonyl (C=O) groups excluding carboxylic acids is 2. The van der Waals surface area contributed by atoms with E-state index in [1.165, 1.54) is 0 Å². The first kappa shape index (κ1) is 26.1. The van der Waals surface area contributed by atoms with Crippen molar-refractivity contribution in [2.24, 2.45) is 0 Å². The summed E-state index contributed by atoms with van der Waals surface area (Å²) in [6.45, 7) is 5.03. The van der Waals surface area contributed by atoms with E-state index in [-0.39, 0.29) is 11.8 Å². The van der Waals surface area contributed by atoms with Crippen molar-refractivity contribution >= 4 is 35.2 Å². The monoisotopic (exact) mass is 476 g/mol. The molecule has 5 nitrogen and oxygen atoms in total. The Bertz CT molecular complexity index is 843. The maximum Gasteiger partial charge on any atom is 0.242 e. The Hall–Kier alpha value is -2.18. The number of hydrogen-bond donors (Lipinski definition) is 1. The second-order valence-corrected chi connectivity index (χ2v) is 8.98. The van der Waals surface area contributed by atoms with E-state index in [0.717, 1.165) is 29.7 Å². The number of hydrogen-bond acceptors (Lipinski definition) is 4. The summed E-state index contributed by atoms with van der Waals surface area (Å²) in [5, 5.41) is 3.68. The fourth-order valence-corrected chi connectivity index (χ4v) is 4.27. The van der Waals surface area contributed by atoms with Gasteiger partial charge in [-0.05, 0) is 48.2 Å². The van der Waals surface area contributed by atoms with E-state index >= 15 is 0 Å². The van der Waals surface area contributed by atoms with Gasteiger partial charge in [-0.1, -0.05) is 56.1 Å². The second-order valence-electron chi connectivity index (χ2n) is 7.56. The second kappa shape index (κ2) is 14.1. The summed E-state index contributed by atoms with van der Waals surface area (Å²) >= 11 is 7.49. The van der Waals surface area contributed by atoms with Crippen LogP contribution in [0.5, 0.6) is 5.75 Å². The molecule has 0 aliphatic heterocycles. The molecule has 32 heavy (non-hydrogen) atoms. The number of unbranched alkanes of at least 4 members (excludes halogenated alkanes) is 1. The SMILES string of the molecule is CCCCNC(=O)[C@@H](CC)N(Cc1ccc(OC)cc1)C(=O)CSCc1ccc(Cl)cc1. The molecule has 0 aromatic heterocycles. The molecule has 0 bridgehead atoms. The van der Waals surface area contributed by atoms with E-state index in [0.29, 0.717) is 36.0 Å². The minimum Gasteiger partial charge on any atom is -0.497 e. The lowest BCUT2D eigenvalue weighted by Gasteiger charge is -2.30. The lowest BCUT2D eigenvalue weighted by molar-refractivity contribution is -0.139. The predicted molar refractivity (Wildman–Crippen MR) is 133 cm³/mol. The molecule has 0 spiro atoms. The minimum atomic E-state index is -0.502. The van der Waals surface area contributed by atoms with Gasteiger partial charge in [-0.25, -0.2) is 0 Å². The molecule has 1 N–H and O–H groups in total. The zero-order valence-electron chi connectivity index (χ0n) is 19.1. The van der Waals surface area contributed by atoms with Gasteiger partial charge >= 0.3 is 0 Å². The number of nitrogens with one attached hydrogen (secondary N) is 1. The van der Waals surface area contributed by atoms with Gasteiger partial charge in [-0.2, -0.15) is 0 Å². The number of methoxy groups -OCH3 is 1. The van der Waals surface area contributed by atoms with Gasteiger partial charge in [0, 0.05) is 23.9 Å². The highest BCUT2D eigenvalue weighted by Gasteiger charge is 2.28. The Kier molecular flexibility index (Phi) is 11.5. The number of thioether (sulfide) groups is 1. The molecule has 174 valence electrons. The molecule has 2 aromatic rings. The number of ether oxygens (including phenoxy) is 1. The molecule has 0 saturated carbocycles. The van der Waals surface area contributed by atoms with Crippen LogP contribution in [0.1, 0.15) is 44.2 Å². The zero-order chi connectivity index (χ0) is 23.3. The normalized spacial score (nSPS) is 11.6. The van der Waals surface area contributed by atoms with Gasteiger partial charge in [0.25, 0.3) is 0 Å². The van der Waals surface area contributed by atoms with Gasteiger partial charge < -0.3 is 15.0 Å². The molecule has 0 fully saturated rings. The first-order valence-corrected chi connectivity index (χ1v) is 12.5. The van der Waals surface area contributed by atoms with Gasteiger partial charge in [-0.15, -0.1) is 11.8 Å². The summed E-state index contributed by atoms with van der Waals surface area (Å²) in [6.07, 6.45) is 2.49. The summed E-state index contributed by atoms with van der Waals surface area (Å²) in [7, 11) is 1.62. The molecule has 2 aromatic carbocycles. The average Bonchev–Trinajstić information content (AvgIpc) is 2.80. The van der Waals surface area contributed by atoms with Crippen LogP contribution in [0.2, 0.25) is 5.02 Å². The number of rotatable bonds is 13. The fraction of sp³-hybridized carbons (Fsp3) is 0.440. The maximum atomic E-state index is 13.2. The third-order valence-corrected chi connectivity index (χ3v) is 6.38. The van der Waals surface area contributed by atoms with E-state index in [1.54, 1.807) is 23.8 Å². The van der Waals surface area contributed by atoms with Crippen LogP contribution in [-0.2, 0) is 21.9 Å². The lowest BCUT2D eigenvalue weighted by Crippen LogP contribution is -2.49. The summed E-state index contributed by atoms with van der Waals surface area (Å²) < 4.78 is 5.23. The molecule has 2 amide bonds. The van der Waals surface area contributed by atoms with Gasteiger partial charge in [0.1, 0.15) is 11.8 Å². The van der Waals surface area contributed by atoms with Crippen molar-refractivity contribution in [3.63, 3.8) is 0 Å². The molecule has 0 saturated heterocycles. The van der Waals surface area contributed by atoms with Gasteiger partial charge in [0.2, 0.25) is 11.8 Å². The molecule has 0 heterocycles. The van der Waals surface area contributed by atoms with Crippen LogP contribution < -0.4 is 10.1 Å². The fourth-order valence-electron chi connectivity index (χ4n) is 3.27. The number of nitrogens with zero attached hydrogens (tertiary/aromatic N) is 1. The van der Waals surface area contributed by atoms with E-state index in [4.69, 9.17) is 16.3 Å². The highest BCUT2D eigenvalue weighted by Crippen LogP contribution is 2.20. The van der Waals surface area contributed by atoms with Crippen LogP contribution in [0.4, 0.5) is 0 Å². The van der Waals surface area contributed by atoms with Crippen LogP contribution in [-0.4, -0.2) is 42.2 Å². The quantitative estimate of drug-likeness (QED) is 0.398. The van der Waals surface area contributed by atoms with Crippen molar-refractivity contribution in [3.05, 3.63) is 64.7 Å². The molecule has 0 radical (unpaired) electrons. The highest BCUT2D eigenvalue weighted by molar-refractivity contribution is 7.99. The zero-order valence-corrected chi connectivity index (χ0v) is 20.7. The third kappa shape index (κ3) is 8.40. The van der Waals surface area contributed by atoms with E-state index in [1.807, 2.05) is 55.5 Å². The van der Waals surface area contributed by atoms with Crippen LogP contribution in [0.15, 0.2) is 48.5 Å². The summed E-state index contributed by atoms with van der Waals surface area (Å²) in [5.74, 6) is 1.63. The van der Waals surface area contributed by atoms with Gasteiger partial charge in [0.15, 0.2) is 0 Å². The minimum absolute atomic E-state index is 0.0442. The van der Waals surface area contributed by atoms with Crippen molar-refractivity contribution in [1.82, 2.24) is 10.2 Å². The van der Waals surface area contributed by atoms with E-state index in [9.17, 15) is 9.59 Å². The standard InChI is InChI=1S/C25H33ClN2O3S/c1-4-6-15-27-25(30)23(5-2)28(16-19-9-13-22(31-3)14-10-19)24(29)18-32-17-20-7-11-21(26)12-8-20/h7-14,23H,4-6,15-18H2,1-3H3,(H,27,30)/t23-/m1/s1. The Morgan fingerprint density at radius 3 is 2.31 bits per heavy atom. The van der Waals surface area contributed by atoms with Crippen LogP contribution in [0.25, 0.3) is 0 Å². The van der Waals surface area contributed by atoms with Crippen molar-refractivity contribution in [3.8, 4) is 5.75 Å².